The first kappa shape index (κ1) is 20.0. The molecule has 2 aromatic carbocycles. The second-order valence-corrected chi connectivity index (χ2v) is 7.83. The second kappa shape index (κ2) is 8.30. The highest BCUT2D eigenvalue weighted by atomic mass is 16.2. The van der Waals surface area contributed by atoms with Crippen molar-refractivity contribution in [2.75, 3.05) is 23.4 Å². The average Bonchev–Trinajstić information content (AvgIpc) is 3.37. The summed E-state index contributed by atoms with van der Waals surface area (Å²) in [5.41, 5.74) is 7.37. The fraction of sp³-hybridized carbons (Fsp3) is 0.250. The van der Waals surface area contributed by atoms with Gasteiger partial charge in [-0.3, -0.25) is 25.0 Å². The van der Waals surface area contributed by atoms with Gasteiger partial charge < -0.3 is 4.90 Å². The Bertz CT molecular complexity index is 1370. The van der Waals surface area contributed by atoms with Gasteiger partial charge in [0.05, 0.1) is 22.0 Å². The zero-order chi connectivity index (χ0) is 22.1. The molecule has 1 fully saturated rings. The number of amides is 1. The second-order valence-electron chi connectivity index (χ2n) is 7.83. The molecule has 1 amide bonds. The number of carbonyl (C=O) groups is 1. The molecule has 162 valence electrons. The first-order valence-electron chi connectivity index (χ1n) is 10.9. The van der Waals surface area contributed by atoms with Crippen molar-refractivity contribution in [3.63, 3.8) is 0 Å². The van der Waals surface area contributed by atoms with E-state index in [4.69, 9.17) is 4.98 Å². The predicted octanol–water partition coefficient (Wildman–Crippen LogP) is 3.32. The van der Waals surface area contributed by atoms with Crippen LogP contribution in [0.2, 0.25) is 0 Å². The van der Waals surface area contributed by atoms with Crippen molar-refractivity contribution in [2.45, 2.75) is 26.3 Å². The molecule has 8 nitrogen and oxygen atoms in total. The summed E-state index contributed by atoms with van der Waals surface area (Å²) in [6, 6.07) is 16.8. The van der Waals surface area contributed by atoms with Crippen molar-refractivity contribution < 1.29 is 4.79 Å². The monoisotopic (exact) mass is 428 g/mol. The Balaban J connectivity index is 1.49. The standard InChI is InChI=1S/C24H24N6O2/c1-2-30-23(32)17-10-4-6-12-20(17)26-24(30)28-27-22(31)18-15-16-9-3-5-11-19(16)25-21(18)29-13-7-8-14-29/h3-6,9-12,15H,2,7-8,13-14H2,1H3,(H,26,28)(H,27,31). The number of nitrogens with one attached hydrogen (secondary N) is 2. The van der Waals surface area contributed by atoms with Crippen LogP contribution in [-0.4, -0.2) is 33.5 Å². The maximum absolute atomic E-state index is 13.2. The van der Waals surface area contributed by atoms with E-state index >= 15 is 0 Å². The van der Waals surface area contributed by atoms with Gasteiger partial charge in [-0.2, -0.15) is 0 Å². The Kier molecular flexibility index (Phi) is 5.18. The third-order valence-electron chi connectivity index (χ3n) is 5.82. The van der Waals surface area contributed by atoms with Gasteiger partial charge in [-0.05, 0) is 44.0 Å². The predicted molar refractivity (Wildman–Crippen MR) is 126 cm³/mol. The number of nitrogens with zero attached hydrogens (tertiary/aromatic N) is 4. The van der Waals surface area contributed by atoms with Crippen LogP contribution in [0.5, 0.6) is 0 Å². The molecule has 0 bridgehead atoms. The van der Waals surface area contributed by atoms with Crippen molar-refractivity contribution >= 4 is 39.5 Å². The van der Waals surface area contributed by atoms with E-state index in [2.05, 4.69) is 20.7 Å². The Morgan fingerprint density at radius 2 is 1.72 bits per heavy atom. The summed E-state index contributed by atoms with van der Waals surface area (Å²) in [4.78, 5) is 37.5. The minimum Gasteiger partial charge on any atom is -0.356 e. The molecule has 32 heavy (non-hydrogen) atoms. The normalized spacial score (nSPS) is 13.6. The summed E-state index contributed by atoms with van der Waals surface area (Å²) in [5.74, 6) is 0.649. The van der Waals surface area contributed by atoms with Crippen molar-refractivity contribution in [1.82, 2.24) is 20.0 Å². The van der Waals surface area contributed by atoms with Crippen molar-refractivity contribution in [3.05, 3.63) is 70.5 Å². The molecule has 0 atom stereocenters. The van der Waals surface area contributed by atoms with Crippen molar-refractivity contribution in [3.8, 4) is 0 Å². The lowest BCUT2D eigenvalue weighted by Crippen LogP contribution is -2.35. The quantitative estimate of drug-likeness (QED) is 0.474. The maximum atomic E-state index is 13.2. The van der Waals surface area contributed by atoms with Crippen LogP contribution >= 0.6 is 0 Å². The minimum absolute atomic E-state index is 0.153. The highest BCUT2D eigenvalue weighted by molar-refractivity contribution is 6.02. The van der Waals surface area contributed by atoms with E-state index in [0.717, 1.165) is 36.8 Å². The molecule has 0 unspecified atom stereocenters. The Morgan fingerprint density at radius 3 is 2.50 bits per heavy atom. The number of carbonyl (C=O) groups excluding carboxylic acids is 1. The van der Waals surface area contributed by atoms with E-state index < -0.39 is 0 Å². The highest BCUT2D eigenvalue weighted by Crippen LogP contribution is 2.26. The minimum atomic E-state index is -0.324. The zero-order valence-corrected chi connectivity index (χ0v) is 17.8. The zero-order valence-electron chi connectivity index (χ0n) is 17.8. The van der Waals surface area contributed by atoms with Crippen LogP contribution < -0.4 is 21.3 Å². The molecule has 0 radical (unpaired) electrons. The van der Waals surface area contributed by atoms with Gasteiger partial charge in [0, 0.05) is 25.0 Å². The Morgan fingerprint density at radius 1 is 1.00 bits per heavy atom. The van der Waals surface area contributed by atoms with E-state index in [1.54, 1.807) is 12.1 Å². The summed E-state index contributed by atoms with van der Waals surface area (Å²) in [7, 11) is 0. The van der Waals surface area contributed by atoms with Crippen LogP contribution in [0.1, 0.15) is 30.1 Å². The van der Waals surface area contributed by atoms with Crippen LogP contribution in [0, 0.1) is 0 Å². The number of para-hydroxylation sites is 2. The van der Waals surface area contributed by atoms with Crippen LogP contribution in [0.25, 0.3) is 21.8 Å². The third-order valence-corrected chi connectivity index (χ3v) is 5.82. The topological polar surface area (TPSA) is 92.2 Å². The molecule has 1 saturated heterocycles. The molecule has 5 rings (SSSR count). The summed E-state index contributed by atoms with van der Waals surface area (Å²) in [5, 5.41) is 1.44. The highest BCUT2D eigenvalue weighted by Gasteiger charge is 2.22. The number of rotatable bonds is 5. The number of pyridine rings is 1. The van der Waals surface area contributed by atoms with Crippen LogP contribution in [-0.2, 0) is 6.54 Å². The number of aromatic nitrogens is 3. The summed E-state index contributed by atoms with van der Waals surface area (Å²) < 4.78 is 1.50. The smallest absolute Gasteiger partial charge is 0.273 e. The summed E-state index contributed by atoms with van der Waals surface area (Å²) in [6.07, 6.45) is 2.16. The molecular weight excluding hydrogens is 404 g/mol. The number of hydrazine groups is 1. The van der Waals surface area contributed by atoms with Crippen LogP contribution in [0.3, 0.4) is 0 Å². The lowest BCUT2D eigenvalue weighted by molar-refractivity contribution is 0.0962. The molecule has 1 aliphatic rings. The molecule has 2 N–H and O–H groups in total. The van der Waals surface area contributed by atoms with E-state index in [0.29, 0.717) is 34.8 Å². The van der Waals surface area contributed by atoms with Gasteiger partial charge in [0.25, 0.3) is 11.5 Å². The Hall–Kier alpha value is -3.94. The molecule has 1 aliphatic heterocycles. The first-order valence-corrected chi connectivity index (χ1v) is 10.9. The summed E-state index contributed by atoms with van der Waals surface area (Å²) >= 11 is 0. The molecule has 8 heteroatoms. The number of fused-ring (bicyclic) bond motifs is 2. The number of hydrogen-bond donors (Lipinski definition) is 2. The lowest BCUT2D eigenvalue weighted by atomic mass is 10.1. The fourth-order valence-electron chi connectivity index (χ4n) is 4.18. The van der Waals surface area contributed by atoms with E-state index in [-0.39, 0.29) is 11.5 Å². The molecule has 0 spiro atoms. The average molecular weight is 428 g/mol. The molecule has 2 aromatic heterocycles. The van der Waals surface area contributed by atoms with E-state index in [1.165, 1.54) is 4.57 Å². The SMILES string of the molecule is CCn1c(NNC(=O)c2cc3ccccc3nc2N2CCCC2)nc2ccccc2c1=O. The van der Waals surface area contributed by atoms with Gasteiger partial charge in [-0.15, -0.1) is 0 Å². The molecular formula is C24H24N6O2. The molecule has 4 aromatic rings. The van der Waals surface area contributed by atoms with Gasteiger partial charge in [-0.25, -0.2) is 9.97 Å². The molecule has 0 saturated carbocycles. The first-order chi connectivity index (χ1) is 15.7. The maximum Gasteiger partial charge on any atom is 0.273 e. The van der Waals surface area contributed by atoms with Crippen molar-refractivity contribution in [1.29, 1.82) is 0 Å². The number of hydrogen-bond acceptors (Lipinski definition) is 6. The number of anilines is 2. The van der Waals surface area contributed by atoms with Crippen LogP contribution in [0.4, 0.5) is 11.8 Å². The van der Waals surface area contributed by atoms with E-state index in [1.807, 2.05) is 49.4 Å². The van der Waals surface area contributed by atoms with Gasteiger partial charge >= 0.3 is 0 Å². The number of benzene rings is 2. The largest absolute Gasteiger partial charge is 0.356 e. The van der Waals surface area contributed by atoms with Crippen molar-refractivity contribution in [2.24, 2.45) is 0 Å². The van der Waals surface area contributed by atoms with Gasteiger partial charge in [0.15, 0.2) is 0 Å². The molecule has 3 heterocycles. The third kappa shape index (κ3) is 3.53. The van der Waals surface area contributed by atoms with E-state index in [9.17, 15) is 9.59 Å². The van der Waals surface area contributed by atoms with Gasteiger partial charge in [0.2, 0.25) is 5.95 Å². The lowest BCUT2D eigenvalue weighted by Gasteiger charge is -2.21. The molecule has 0 aliphatic carbocycles. The van der Waals surface area contributed by atoms with Crippen LogP contribution in [0.15, 0.2) is 59.4 Å². The summed E-state index contributed by atoms with van der Waals surface area (Å²) in [6.45, 7) is 4.04. The fourth-order valence-corrected chi connectivity index (χ4v) is 4.18. The van der Waals surface area contributed by atoms with Gasteiger partial charge in [-0.1, -0.05) is 30.3 Å². The Labute approximate surface area is 184 Å². The van der Waals surface area contributed by atoms with Gasteiger partial charge in [0.1, 0.15) is 5.82 Å².